The highest BCUT2D eigenvalue weighted by Gasteiger charge is 2.27. The lowest BCUT2D eigenvalue weighted by molar-refractivity contribution is -0.384. The molecule has 7 heteroatoms. The maximum atomic E-state index is 11.3. The molecule has 1 atom stereocenters. The minimum absolute atomic E-state index is 0.0808. The lowest BCUT2D eigenvalue weighted by Crippen LogP contribution is -2.35. The van der Waals surface area contributed by atoms with Gasteiger partial charge in [0.05, 0.1) is 11.5 Å². The summed E-state index contributed by atoms with van der Waals surface area (Å²) in [7, 11) is 0. The summed E-state index contributed by atoms with van der Waals surface area (Å²) < 4.78 is 0. The Balaban J connectivity index is 1.90. The number of nitro groups is 1. The second-order valence-electron chi connectivity index (χ2n) is 5.50. The molecule has 0 bridgehead atoms. The fourth-order valence-corrected chi connectivity index (χ4v) is 2.99. The van der Waals surface area contributed by atoms with Crippen LogP contribution >= 0.6 is 0 Å². The Morgan fingerprint density at radius 1 is 1.50 bits per heavy atom. The van der Waals surface area contributed by atoms with Crippen LogP contribution in [0.4, 0.5) is 11.4 Å². The molecule has 0 radical (unpaired) electrons. The standard InChI is InChI=1S/C15H18N4O3/c20-10-11-3-4-13(19(21)22)14(8-11)18-7-1-2-12(9-18)15-16-5-6-17-15/h3-6,8,12,20H,1-2,7,9-10H2,(H,16,17). The number of piperidine rings is 1. The number of rotatable bonds is 4. The van der Waals surface area contributed by atoms with Gasteiger partial charge in [0.25, 0.3) is 5.69 Å². The molecule has 1 fully saturated rings. The Morgan fingerprint density at radius 3 is 3.05 bits per heavy atom. The van der Waals surface area contributed by atoms with Gasteiger partial charge in [-0.3, -0.25) is 10.1 Å². The number of aromatic amines is 1. The van der Waals surface area contributed by atoms with E-state index in [1.165, 1.54) is 6.07 Å². The summed E-state index contributed by atoms with van der Waals surface area (Å²) in [4.78, 5) is 20.4. The molecule has 1 aromatic carbocycles. The molecule has 1 aromatic heterocycles. The summed E-state index contributed by atoms with van der Waals surface area (Å²) >= 11 is 0. The summed E-state index contributed by atoms with van der Waals surface area (Å²) in [6.07, 6.45) is 5.48. The van der Waals surface area contributed by atoms with Crippen molar-refractivity contribution in [1.29, 1.82) is 0 Å². The molecule has 1 saturated heterocycles. The zero-order chi connectivity index (χ0) is 15.5. The smallest absolute Gasteiger partial charge is 0.292 e. The fraction of sp³-hybridized carbons (Fsp3) is 0.400. The molecule has 1 unspecified atom stereocenters. The van der Waals surface area contributed by atoms with Crippen molar-refractivity contribution in [2.75, 3.05) is 18.0 Å². The van der Waals surface area contributed by atoms with Gasteiger partial charge in [-0.25, -0.2) is 4.98 Å². The minimum atomic E-state index is -0.368. The first-order chi connectivity index (χ1) is 10.7. The van der Waals surface area contributed by atoms with Crippen LogP contribution in [0.3, 0.4) is 0 Å². The summed E-state index contributed by atoms with van der Waals surface area (Å²) in [5.41, 5.74) is 1.34. The number of hydrogen-bond donors (Lipinski definition) is 2. The molecule has 0 amide bonds. The molecule has 3 rings (SSSR count). The van der Waals surface area contributed by atoms with Crippen LogP contribution in [0.15, 0.2) is 30.6 Å². The van der Waals surface area contributed by atoms with Gasteiger partial charge in [0.2, 0.25) is 0 Å². The normalized spacial score (nSPS) is 18.4. The van der Waals surface area contributed by atoms with E-state index in [1.54, 1.807) is 24.5 Å². The molecule has 22 heavy (non-hydrogen) atoms. The topological polar surface area (TPSA) is 95.3 Å². The van der Waals surface area contributed by atoms with Crippen molar-refractivity contribution < 1.29 is 10.0 Å². The van der Waals surface area contributed by atoms with Gasteiger partial charge in [0.1, 0.15) is 11.5 Å². The highest BCUT2D eigenvalue weighted by atomic mass is 16.6. The van der Waals surface area contributed by atoms with E-state index in [-0.39, 0.29) is 23.1 Å². The van der Waals surface area contributed by atoms with Gasteiger partial charge in [-0.2, -0.15) is 0 Å². The van der Waals surface area contributed by atoms with Crippen molar-refractivity contribution in [3.63, 3.8) is 0 Å². The summed E-state index contributed by atoms with van der Waals surface area (Å²) in [5, 5.41) is 20.6. The first-order valence-electron chi connectivity index (χ1n) is 7.31. The Labute approximate surface area is 127 Å². The number of benzene rings is 1. The Hall–Kier alpha value is -2.41. The van der Waals surface area contributed by atoms with Gasteiger partial charge in [0, 0.05) is 37.5 Å². The molecule has 2 aromatic rings. The predicted molar refractivity (Wildman–Crippen MR) is 81.8 cm³/mol. The average molecular weight is 302 g/mol. The van der Waals surface area contributed by atoms with Crippen LogP contribution in [-0.4, -0.2) is 33.1 Å². The number of imidazole rings is 1. The van der Waals surface area contributed by atoms with E-state index in [4.69, 9.17) is 0 Å². The number of anilines is 1. The Bertz CT molecular complexity index is 657. The molecular weight excluding hydrogens is 284 g/mol. The number of nitrogens with one attached hydrogen (secondary N) is 1. The van der Waals surface area contributed by atoms with Crippen molar-refractivity contribution in [2.24, 2.45) is 0 Å². The van der Waals surface area contributed by atoms with Crippen molar-refractivity contribution >= 4 is 11.4 Å². The maximum Gasteiger partial charge on any atom is 0.292 e. The van der Waals surface area contributed by atoms with E-state index < -0.39 is 0 Å². The lowest BCUT2D eigenvalue weighted by atomic mass is 9.96. The van der Waals surface area contributed by atoms with Gasteiger partial charge in [0.15, 0.2) is 0 Å². The van der Waals surface area contributed by atoms with E-state index >= 15 is 0 Å². The third-order valence-electron chi connectivity index (χ3n) is 4.09. The second kappa shape index (κ2) is 6.15. The van der Waals surface area contributed by atoms with Crippen LogP contribution in [0, 0.1) is 10.1 Å². The first-order valence-corrected chi connectivity index (χ1v) is 7.31. The first kappa shape index (κ1) is 14.5. The SMILES string of the molecule is O=[N+]([O-])c1ccc(CO)cc1N1CCCC(c2ncc[nH]2)C1. The molecule has 0 aliphatic carbocycles. The number of H-pyrrole nitrogens is 1. The van der Waals surface area contributed by atoms with Gasteiger partial charge >= 0.3 is 0 Å². The zero-order valence-electron chi connectivity index (χ0n) is 12.1. The largest absolute Gasteiger partial charge is 0.392 e. The highest BCUT2D eigenvalue weighted by Crippen LogP contribution is 2.34. The van der Waals surface area contributed by atoms with E-state index in [0.29, 0.717) is 17.8 Å². The van der Waals surface area contributed by atoms with Crippen LogP contribution in [0.5, 0.6) is 0 Å². The van der Waals surface area contributed by atoms with Crippen LogP contribution in [0.1, 0.15) is 30.1 Å². The number of nitrogens with zero attached hydrogens (tertiary/aromatic N) is 3. The molecule has 2 heterocycles. The van der Waals surface area contributed by atoms with Gasteiger partial charge in [-0.1, -0.05) is 0 Å². The third kappa shape index (κ3) is 2.80. The average Bonchev–Trinajstić information content (AvgIpc) is 3.09. The second-order valence-corrected chi connectivity index (χ2v) is 5.50. The molecule has 7 nitrogen and oxygen atoms in total. The van der Waals surface area contributed by atoms with Crippen molar-refractivity contribution in [3.05, 3.63) is 52.1 Å². The minimum Gasteiger partial charge on any atom is -0.392 e. The third-order valence-corrected chi connectivity index (χ3v) is 4.09. The van der Waals surface area contributed by atoms with E-state index in [9.17, 15) is 15.2 Å². The molecular formula is C15H18N4O3. The van der Waals surface area contributed by atoms with Gasteiger partial charge < -0.3 is 15.0 Å². The monoisotopic (exact) mass is 302 g/mol. The maximum absolute atomic E-state index is 11.3. The van der Waals surface area contributed by atoms with Crippen LogP contribution < -0.4 is 4.90 Å². The number of aliphatic hydroxyl groups is 1. The van der Waals surface area contributed by atoms with Crippen LogP contribution in [0.25, 0.3) is 0 Å². The molecule has 116 valence electrons. The number of nitro benzene ring substituents is 1. The summed E-state index contributed by atoms with van der Waals surface area (Å²) in [6.45, 7) is 1.33. The number of aliphatic hydroxyl groups excluding tert-OH is 1. The van der Waals surface area contributed by atoms with E-state index in [0.717, 1.165) is 25.2 Å². The highest BCUT2D eigenvalue weighted by molar-refractivity contribution is 5.65. The van der Waals surface area contributed by atoms with E-state index in [2.05, 4.69) is 9.97 Å². The van der Waals surface area contributed by atoms with E-state index in [1.807, 2.05) is 4.90 Å². The predicted octanol–water partition coefficient (Wildman–Crippen LogP) is 2.19. The zero-order valence-corrected chi connectivity index (χ0v) is 12.1. The summed E-state index contributed by atoms with van der Waals surface area (Å²) in [5.74, 6) is 1.16. The van der Waals surface area contributed by atoms with Crippen molar-refractivity contribution in [3.8, 4) is 0 Å². The molecule has 0 spiro atoms. The molecule has 1 aliphatic heterocycles. The molecule has 0 saturated carbocycles. The quantitative estimate of drug-likeness (QED) is 0.667. The van der Waals surface area contributed by atoms with Crippen molar-refractivity contribution in [2.45, 2.75) is 25.4 Å². The molecule has 2 N–H and O–H groups in total. The van der Waals surface area contributed by atoms with Gasteiger partial charge in [-0.15, -0.1) is 0 Å². The lowest BCUT2D eigenvalue weighted by Gasteiger charge is -2.33. The van der Waals surface area contributed by atoms with Crippen LogP contribution in [-0.2, 0) is 6.61 Å². The number of hydrogen-bond acceptors (Lipinski definition) is 5. The molecule has 1 aliphatic rings. The van der Waals surface area contributed by atoms with Crippen molar-refractivity contribution in [1.82, 2.24) is 9.97 Å². The number of aromatic nitrogens is 2. The summed E-state index contributed by atoms with van der Waals surface area (Å²) in [6, 6.07) is 4.77. The van der Waals surface area contributed by atoms with Crippen LogP contribution in [0.2, 0.25) is 0 Å². The Morgan fingerprint density at radius 2 is 2.36 bits per heavy atom. The van der Waals surface area contributed by atoms with Gasteiger partial charge in [-0.05, 0) is 30.5 Å². The fourth-order valence-electron chi connectivity index (χ4n) is 2.99. The Kier molecular flexibility index (Phi) is 4.06.